The molecule has 0 unspecified atom stereocenters. The molecule has 0 spiro atoms. The van der Waals surface area contributed by atoms with Crippen molar-refractivity contribution in [1.29, 1.82) is 0 Å². The van der Waals surface area contributed by atoms with Crippen molar-refractivity contribution in [2.45, 2.75) is 39.0 Å². The number of fused-ring (bicyclic) bond motifs is 1. The third kappa shape index (κ3) is 5.11. The van der Waals surface area contributed by atoms with E-state index in [-0.39, 0.29) is 18.6 Å². The number of oxazole rings is 1. The fourth-order valence-electron chi connectivity index (χ4n) is 5.73. The third-order valence-electron chi connectivity index (χ3n) is 7.85. The highest BCUT2D eigenvalue weighted by molar-refractivity contribution is 5.87. The van der Waals surface area contributed by atoms with Gasteiger partial charge in [0.1, 0.15) is 0 Å². The first-order chi connectivity index (χ1) is 18.7. The van der Waals surface area contributed by atoms with Crippen LogP contribution in [0.2, 0.25) is 0 Å². The van der Waals surface area contributed by atoms with Crippen LogP contribution >= 0.6 is 0 Å². The smallest absolute Gasteiger partial charge is 0.422 e. The summed E-state index contributed by atoms with van der Waals surface area (Å²) in [5, 5.41) is 0. The summed E-state index contributed by atoms with van der Waals surface area (Å²) in [7, 11) is 0. The molecule has 1 aliphatic carbocycles. The molecule has 1 aromatic heterocycles. The first kappa shape index (κ1) is 24.5. The number of esters is 1. The van der Waals surface area contributed by atoms with Crippen molar-refractivity contribution < 1.29 is 13.9 Å². The molecule has 1 aliphatic heterocycles. The van der Waals surface area contributed by atoms with Crippen molar-refractivity contribution >= 4 is 22.8 Å². The fourth-order valence-corrected chi connectivity index (χ4v) is 5.73. The Balaban J connectivity index is 1.11. The largest absolute Gasteiger partial charge is 0.443 e. The third-order valence-corrected chi connectivity index (χ3v) is 7.85. The molecule has 6 rings (SSSR count). The van der Waals surface area contributed by atoms with E-state index in [0.717, 1.165) is 64.1 Å². The summed E-state index contributed by atoms with van der Waals surface area (Å²) in [5.74, 6) is -0.759. The summed E-state index contributed by atoms with van der Waals surface area (Å²) in [6.07, 6.45) is 3.86. The molecule has 3 aromatic carbocycles. The molecule has 2 aliphatic rings. The summed E-state index contributed by atoms with van der Waals surface area (Å²) in [5.41, 5.74) is 5.89. The first-order valence-corrected chi connectivity index (χ1v) is 13.6. The van der Waals surface area contributed by atoms with Crippen LogP contribution < -0.4 is 10.7 Å². The van der Waals surface area contributed by atoms with Crippen LogP contribution in [-0.4, -0.2) is 41.6 Å². The number of aromatic nitrogens is 1. The van der Waals surface area contributed by atoms with Gasteiger partial charge < -0.3 is 14.1 Å². The molecule has 38 heavy (non-hydrogen) atoms. The van der Waals surface area contributed by atoms with Crippen LogP contribution in [0.5, 0.6) is 0 Å². The monoisotopic (exact) mass is 511 g/mol. The van der Waals surface area contributed by atoms with E-state index in [0.29, 0.717) is 11.1 Å². The molecule has 0 radical (unpaired) electrons. The van der Waals surface area contributed by atoms with E-state index >= 15 is 0 Å². The second-order valence-electron chi connectivity index (χ2n) is 10.3. The molecular weight excluding hydrogens is 478 g/mol. The lowest BCUT2D eigenvalue weighted by atomic mass is 10.0. The van der Waals surface area contributed by atoms with Crippen LogP contribution in [0.15, 0.2) is 82.0 Å². The lowest BCUT2D eigenvalue weighted by molar-refractivity contribution is -0.152. The number of ether oxygens (including phenoxy) is 1. The van der Waals surface area contributed by atoms with Gasteiger partial charge in [-0.3, -0.25) is 9.69 Å². The Morgan fingerprint density at radius 3 is 2.39 bits per heavy atom. The number of benzene rings is 3. The van der Waals surface area contributed by atoms with Crippen LogP contribution in [0.4, 0.5) is 5.69 Å². The zero-order valence-electron chi connectivity index (χ0n) is 21.6. The summed E-state index contributed by atoms with van der Waals surface area (Å²) in [6, 6.07) is 25.0. The number of para-hydroxylation sites is 1. The number of piperazine rings is 1. The first-order valence-electron chi connectivity index (χ1n) is 13.6. The molecule has 0 amide bonds. The van der Waals surface area contributed by atoms with Gasteiger partial charge in [-0.25, -0.2) is 9.36 Å². The Kier molecular flexibility index (Phi) is 7.01. The summed E-state index contributed by atoms with van der Waals surface area (Å²) < 4.78 is 12.6. The summed E-state index contributed by atoms with van der Waals surface area (Å²) in [4.78, 5) is 29.8. The van der Waals surface area contributed by atoms with Crippen molar-refractivity contribution in [3.63, 3.8) is 0 Å². The second-order valence-corrected chi connectivity index (χ2v) is 10.3. The maximum atomic E-state index is 12.7. The second kappa shape index (κ2) is 10.9. The highest BCUT2D eigenvalue weighted by Gasteiger charge is 2.25. The zero-order valence-corrected chi connectivity index (χ0v) is 21.6. The number of hydrogen-bond acceptors (Lipinski definition) is 6. The summed E-state index contributed by atoms with van der Waals surface area (Å²) in [6.45, 7) is 4.29. The fraction of sp³-hybridized carbons (Fsp3) is 0.355. The number of carbonyl (C=O) groups is 1. The number of carbonyl (C=O) groups excluding carboxylic acids is 1. The topological polar surface area (TPSA) is 67.9 Å². The van der Waals surface area contributed by atoms with Crippen molar-refractivity contribution in [3.8, 4) is 11.1 Å². The van der Waals surface area contributed by atoms with Gasteiger partial charge in [0, 0.05) is 32.7 Å². The minimum atomic E-state index is -0.497. The standard InChI is InChI=1S/C31H33N3O4/c35-30(25-11-4-5-12-25)37-22-34-28-15-7-14-27(29(28)38-31(34)36)33-18-16-32(17-19-33)21-23-8-6-13-26(20-23)24-9-2-1-3-10-24/h1-3,6-10,13-15,20,25H,4-5,11-12,16-19,21-22H2. The zero-order chi connectivity index (χ0) is 25.9. The highest BCUT2D eigenvalue weighted by atomic mass is 16.5. The van der Waals surface area contributed by atoms with Gasteiger partial charge in [0.25, 0.3) is 0 Å². The Bertz CT molecular complexity index is 1460. The van der Waals surface area contributed by atoms with Crippen molar-refractivity contribution in [3.05, 3.63) is 88.9 Å². The van der Waals surface area contributed by atoms with E-state index in [4.69, 9.17) is 9.15 Å². The molecule has 7 nitrogen and oxygen atoms in total. The van der Waals surface area contributed by atoms with E-state index in [1.807, 2.05) is 24.3 Å². The molecule has 196 valence electrons. The van der Waals surface area contributed by atoms with Gasteiger partial charge in [-0.2, -0.15) is 0 Å². The minimum Gasteiger partial charge on any atom is -0.443 e. The van der Waals surface area contributed by atoms with Crippen molar-refractivity contribution in [2.24, 2.45) is 5.92 Å². The Hall–Kier alpha value is -3.84. The molecule has 4 aromatic rings. The lowest BCUT2D eigenvalue weighted by Gasteiger charge is -2.36. The Morgan fingerprint density at radius 2 is 1.61 bits per heavy atom. The molecule has 2 heterocycles. The molecule has 1 saturated carbocycles. The lowest BCUT2D eigenvalue weighted by Crippen LogP contribution is -2.46. The van der Waals surface area contributed by atoms with E-state index in [2.05, 4.69) is 58.3 Å². The van der Waals surface area contributed by atoms with Crippen LogP contribution in [-0.2, 0) is 22.8 Å². The van der Waals surface area contributed by atoms with E-state index in [9.17, 15) is 9.59 Å². The van der Waals surface area contributed by atoms with Gasteiger partial charge >= 0.3 is 11.7 Å². The number of hydrogen-bond donors (Lipinski definition) is 0. The highest BCUT2D eigenvalue weighted by Crippen LogP contribution is 2.29. The van der Waals surface area contributed by atoms with Crippen LogP contribution in [0, 0.1) is 5.92 Å². The Morgan fingerprint density at radius 1 is 0.868 bits per heavy atom. The number of nitrogens with zero attached hydrogens (tertiary/aromatic N) is 3. The van der Waals surface area contributed by atoms with Crippen LogP contribution in [0.25, 0.3) is 22.2 Å². The van der Waals surface area contributed by atoms with Crippen molar-refractivity contribution in [2.75, 3.05) is 31.1 Å². The van der Waals surface area contributed by atoms with Gasteiger partial charge in [0.15, 0.2) is 12.3 Å². The van der Waals surface area contributed by atoms with Gasteiger partial charge in [-0.05, 0) is 47.7 Å². The molecular formula is C31H33N3O4. The van der Waals surface area contributed by atoms with Crippen LogP contribution in [0.3, 0.4) is 0 Å². The molecule has 0 N–H and O–H groups in total. The predicted octanol–water partition coefficient (Wildman–Crippen LogP) is 5.27. The minimum absolute atomic E-state index is 0.0449. The maximum Gasteiger partial charge on any atom is 0.422 e. The van der Waals surface area contributed by atoms with E-state index < -0.39 is 5.76 Å². The van der Waals surface area contributed by atoms with Gasteiger partial charge in [-0.15, -0.1) is 0 Å². The Labute approximate surface area is 222 Å². The van der Waals surface area contributed by atoms with E-state index in [1.165, 1.54) is 21.3 Å². The number of anilines is 1. The van der Waals surface area contributed by atoms with Crippen LogP contribution in [0.1, 0.15) is 31.2 Å². The predicted molar refractivity (Wildman–Crippen MR) is 148 cm³/mol. The van der Waals surface area contributed by atoms with Gasteiger partial charge in [0.2, 0.25) is 0 Å². The maximum absolute atomic E-state index is 12.7. The number of rotatable bonds is 7. The van der Waals surface area contributed by atoms with E-state index in [1.54, 1.807) is 0 Å². The average Bonchev–Trinajstić information content (AvgIpc) is 3.61. The summed E-state index contributed by atoms with van der Waals surface area (Å²) >= 11 is 0. The SMILES string of the molecule is O=C(OCn1c(=O)oc2c(N3CCN(Cc4cccc(-c5ccccc5)c4)CC3)cccc21)C1CCCC1. The average molecular weight is 512 g/mol. The normalized spacial score (nSPS) is 16.8. The molecule has 2 fully saturated rings. The quantitative estimate of drug-likeness (QED) is 0.315. The van der Waals surface area contributed by atoms with Crippen molar-refractivity contribution in [1.82, 2.24) is 9.47 Å². The molecule has 0 bridgehead atoms. The van der Waals surface area contributed by atoms with Gasteiger partial charge in [-0.1, -0.05) is 67.4 Å². The molecule has 7 heteroatoms. The molecule has 1 saturated heterocycles. The van der Waals surface area contributed by atoms with Gasteiger partial charge in [0.05, 0.1) is 17.1 Å². The molecule has 0 atom stereocenters.